The van der Waals surface area contributed by atoms with E-state index in [2.05, 4.69) is 24.8 Å². The summed E-state index contributed by atoms with van der Waals surface area (Å²) in [7, 11) is 0. The summed E-state index contributed by atoms with van der Waals surface area (Å²) in [5, 5.41) is 0. The van der Waals surface area contributed by atoms with Crippen molar-refractivity contribution in [1.29, 1.82) is 0 Å². The second kappa shape index (κ2) is 5.05. The molecule has 1 atom stereocenters. The van der Waals surface area contributed by atoms with Crippen LogP contribution in [-0.4, -0.2) is 6.79 Å². The molecule has 0 unspecified atom stereocenters. The van der Waals surface area contributed by atoms with Crippen LogP contribution in [0.5, 0.6) is 11.5 Å². The van der Waals surface area contributed by atoms with Gasteiger partial charge in [-0.3, -0.25) is 0 Å². The molecular formula is C16H20O2. The van der Waals surface area contributed by atoms with Gasteiger partial charge in [0, 0.05) is 5.92 Å². The third-order valence-electron chi connectivity index (χ3n) is 4.19. The maximum Gasteiger partial charge on any atom is 0.231 e. The summed E-state index contributed by atoms with van der Waals surface area (Å²) < 4.78 is 10.8. The summed E-state index contributed by atoms with van der Waals surface area (Å²) in [6.07, 6.45) is 8.87. The van der Waals surface area contributed by atoms with Crippen molar-refractivity contribution in [3.63, 3.8) is 0 Å². The quantitative estimate of drug-likeness (QED) is 0.739. The highest BCUT2D eigenvalue weighted by Gasteiger charge is 2.24. The van der Waals surface area contributed by atoms with Gasteiger partial charge in [-0.25, -0.2) is 0 Å². The van der Waals surface area contributed by atoms with Crippen LogP contribution in [0.3, 0.4) is 0 Å². The maximum absolute atomic E-state index is 5.46. The van der Waals surface area contributed by atoms with Crippen molar-refractivity contribution in [2.45, 2.75) is 38.0 Å². The Morgan fingerprint density at radius 2 is 1.89 bits per heavy atom. The van der Waals surface area contributed by atoms with Gasteiger partial charge in [-0.1, -0.05) is 31.4 Å². The van der Waals surface area contributed by atoms with Crippen molar-refractivity contribution in [1.82, 2.24) is 0 Å². The molecule has 0 radical (unpaired) electrons. The van der Waals surface area contributed by atoms with E-state index in [4.69, 9.17) is 9.47 Å². The Morgan fingerprint density at radius 1 is 1.11 bits per heavy atom. The summed E-state index contributed by atoms with van der Waals surface area (Å²) in [5.41, 5.74) is 1.32. The van der Waals surface area contributed by atoms with Gasteiger partial charge in [0.25, 0.3) is 0 Å². The molecule has 1 saturated carbocycles. The number of allylic oxidation sites excluding steroid dienone is 1. The van der Waals surface area contributed by atoms with Gasteiger partial charge in [0.05, 0.1) is 0 Å². The van der Waals surface area contributed by atoms with Crippen molar-refractivity contribution in [2.75, 3.05) is 6.79 Å². The van der Waals surface area contributed by atoms with E-state index in [1.165, 1.54) is 37.7 Å². The Labute approximate surface area is 109 Å². The molecule has 1 fully saturated rings. The van der Waals surface area contributed by atoms with Gasteiger partial charge in [-0.2, -0.15) is 0 Å². The van der Waals surface area contributed by atoms with E-state index < -0.39 is 0 Å². The zero-order valence-electron chi connectivity index (χ0n) is 10.7. The number of hydrogen-bond acceptors (Lipinski definition) is 2. The summed E-state index contributed by atoms with van der Waals surface area (Å²) in [6.45, 7) is 4.38. The molecule has 18 heavy (non-hydrogen) atoms. The highest BCUT2D eigenvalue weighted by molar-refractivity contribution is 5.46. The van der Waals surface area contributed by atoms with Gasteiger partial charge in [0.15, 0.2) is 11.5 Å². The Kier molecular flexibility index (Phi) is 3.26. The van der Waals surface area contributed by atoms with Crippen molar-refractivity contribution in [3.8, 4) is 11.5 Å². The first-order valence-corrected chi connectivity index (χ1v) is 6.90. The molecule has 3 rings (SSSR count). The van der Waals surface area contributed by atoms with Crippen LogP contribution in [0.4, 0.5) is 0 Å². The largest absolute Gasteiger partial charge is 0.454 e. The molecule has 0 saturated heterocycles. The second-order valence-corrected chi connectivity index (χ2v) is 5.27. The van der Waals surface area contributed by atoms with Gasteiger partial charge in [-0.15, -0.1) is 6.58 Å². The molecule has 2 nitrogen and oxygen atoms in total. The topological polar surface area (TPSA) is 18.5 Å². The average Bonchev–Trinajstić information content (AvgIpc) is 2.88. The fourth-order valence-corrected chi connectivity index (χ4v) is 3.21. The molecule has 0 bridgehead atoms. The van der Waals surface area contributed by atoms with E-state index in [0.29, 0.717) is 12.7 Å². The van der Waals surface area contributed by atoms with E-state index in [0.717, 1.165) is 17.4 Å². The first kappa shape index (κ1) is 11.6. The van der Waals surface area contributed by atoms with Crippen LogP contribution in [0.15, 0.2) is 30.9 Å². The zero-order valence-corrected chi connectivity index (χ0v) is 10.7. The highest BCUT2D eigenvalue weighted by atomic mass is 16.7. The van der Waals surface area contributed by atoms with Gasteiger partial charge in [-0.05, 0) is 36.5 Å². The Balaban J connectivity index is 1.84. The van der Waals surface area contributed by atoms with Gasteiger partial charge in [0.1, 0.15) is 0 Å². The van der Waals surface area contributed by atoms with E-state index in [9.17, 15) is 0 Å². The first-order chi connectivity index (χ1) is 8.88. The molecule has 1 aromatic rings. The fourth-order valence-electron chi connectivity index (χ4n) is 3.21. The SMILES string of the molecule is C=C[C@@H](c1ccc2c(c1)OCO2)C1CCCCC1. The minimum absolute atomic E-state index is 0.348. The van der Waals surface area contributed by atoms with E-state index in [-0.39, 0.29) is 0 Å². The van der Waals surface area contributed by atoms with Crippen LogP contribution < -0.4 is 9.47 Å². The minimum atomic E-state index is 0.348. The van der Waals surface area contributed by atoms with Crippen molar-refractivity contribution >= 4 is 0 Å². The lowest BCUT2D eigenvalue weighted by Gasteiger charge is -2.28. The first-order valence-electron chi connectivity index (χ1n) is 6.90. The normalized spacial score (nSPS) is 20.7. The van der Waals surface area contributed by atoms with Crippen molar-refractivity contribution in [2.24, 2.45) is 5.92 Å². The molecule has 0 spiro atoms. The Hall–Kier alpha value is -1.44. The standard InChI is InChI=1S/C16H20O2/c1-2-14(12-6-4-3-5-7-12)13-8-9-15-16(10-13)18-11-17-15/h2,8-10,12,14H,1,3-7,11H2/t14-/m1/s1. The molecule has 0 N–H and O–H groups in total. The fraction of sp³-hybridized carbons (Fsp3) is 0.500. The monoisotopic (exact) mass is 244 g/mol. The van der Waals surface area contributed by atoms with Crippen LogP contribution in [0.2, 0.25) is 0 Å². The lowest BCUT2D eigenvalue weighted by molar-refractivity contribution is 0.174. The highest BCUT2D eigenvalue weighted by Crippen LogP contribution is 2.40. The maximum atomic E-state index is 5.46. The minimum Gasteiger partial charge on any atom is -0.454 e. The molecule has 2 aliphatic rings. The summed E-state index contributed by atoms with van der Waals surface area (Å²) >= 11 is 0. The smallest absolute Gasteiger partial charge is 0.231 e. The predicted octanol–water partition coefficient (Wildman–Crippen LogP) is 4.27. The molecule has 1 aromatic carbocycles. The Bertz CT molecular complexity index is 433. The molecule has 1 heterocycles. The molecule has 0 aromatic heterocycles. The molecule has 2 heteroatoms. The lowest BCUT2D eigenvalue weighted by Crippen LogP contribution is -2.14. The summed E-state index contributed by atoms with van der Waals surface area (Å²) in [4.78, 5) is 0. The third-order valence-corrected chi connectivity index (χ3v) is 4.19. The number of rotatable bonds is 3. The second-order valence-electron chi connectivity index (χ2n) is 5.27. The third kappa shape index (κ3) is 2.12. The lowest BCUT2D eigenvalue weighted by atomic mass is 9.77. The van der Waals surface area contributed by atoms with Crippen molar-refractivity contribution < 1.29 is 9.47 Å². The van der Waals surface area contributed by atoms with Gasteiger partial charge in [0.2, 0.25) is 6.79 Å². The Morgan fingerprint density at radius 3 is 2.67 bits per heavy atom. The van der Waals surface area contributed by atoms with Crippen LogP contribution >= 0.6 is 0 Å². The van der Waals surface area contributed by atoms with Crippen LogP contribution in [0.25, 0.3) is 0 Å². The van der Waals surface area contributed by atoms with Gasteiger partial charge >= 0.3 is 0 Å². The molecule has 1 aliphatic heterocycles. The number of ether oxygens (including phenoxy) is 2. The van der Waals surface area contributed by atoms with Crippen LogP contribution in [0, 0.1) is 5.92 Å². The molecule has 1 aliphatic carbocycles. The average molecular weight is 244 g/mol. The van der Waals surface area contributed by atoms with Gasteiger partial charge < -0.3 is 9.47 Å². The summed E-state index contributed by atoms with van der Waals surface area (Å²) in [6, 6.07) is 6.31. The predicted molar refractivity (Wildman–Crippen MR) is 72.1 cm³/mol. The molecule has 0 amide bonds. The number of fused-ring (bicyclic) bond motifs is 1. The van der Waals surface area contributed by atoms with E-state index in [1.807, 2.05) is 6.07 Å². The number of hydrogen-bond donors (Lipinski definition) is 0. The zero-order chi connectivity index (χ0) is 12.4. The van der Waals surface area contributed by atoms with Crippen molar-refractivity contribution in [3.05, 3.63) is 36.4 Å². The van der Waals surface area contributed by atoms with Crippen LogP contribution in [-0.2, 0) is 0 Å². The number of benzene rings is 1. The van der Waals surface area contributed by atoms with E-state index in [1.54, 1.807) is 0 Å². The van der Waals surface area contributed by atoms with E-state index >= 15 is 0 Å². The molecular weight excluding hydrogens is 224 g/mol. The van der Waals surface area contributed by atoms with Crippen LogP contribution in [0.1, 0.15) is 43.6 Å². The summed E-state index contributed by atoms with van der Waals surface area (Å²) in [5.74, 6) is 2.96. The molecule has 96 valence electrons.